The third kappa shape index (κ3) is 3.18. The summed E-state index contributed by atoms with van der Waals surface area (Å²) < 4.78 is 19.1. The van der Waals surface area contributed by atoms with Crippen molar-refractivity contribution in [3.8, 4) is 0 Å². The molecular formula is C19H23ClFN5O2. The maximum absolute atomic E-state index is 13.9. The second-order valence-corrected chi connectivity index (χ2v) is 8.85. The SMILES string of the molecule is CC1(NC(=O)CN2C3CC2CN(Cc2nc4c(F)ccc(Cl)c4[nH]2)C3)COC1. The van der Waals surface area contributed by atoms with E-state index in [1.807, 2.05) is 6.92 Å². The van der Waals surface area contributed by atoms with Gasteiger partial charge in [-0.2, -0.15) is 0 Å². The standard InChI is InChI=1S/C19H23ClFN5O2/c1-19(9-28-10-19)24-16(27)8-26-11-4-12(26)6-25(5-11)7-15-22-17-13(20)2-3-14(21)18(17)23-15/h2-3,11-12H,4-10H2,1H3,(H,22,23)(H,24,27). The first-order chi connectivity index (χ1) is 13.4. The molecule has 4 aliphatic heterocycles. The maximum atomic E-state index is 13.9. The van der Waals surface area contributed by atoms with Crippen molar-refractivity contribution in [2.45, 2.75) is 37.5 Å². The minimum atomic E-state index is -0.369. The molecule has 2 N–H and O–H groups in total. The summed E-state index contributed by atoms with van der Waals surface area (Å²) in [7, 11) is 0. The van der Waals surface area contributed by atoms with E-state index in [1.165, 1.54) is 12.1 Å². The van der Waals surface area contributed by atoms with Gasteiger partial charge in [-0.05, 0) is 25.5 Å². The Balaban J connectivity index is 1.19. The largest absolute Gasteiger partial charge is 0.376 e. The number of carbonyl (C=O) groups excluding carboxylic acids is 1. The van der Waals surface area contributed by atoms with Gasteiger partial charge < -0.3 is 15.0 Å². The van der Waals surface area contributed by atoms with Crippen molar-refractivity contribution in [3.63, 3.8) is 0 Å². The summed E-state index contributed by atoms with van der Waals surface area (Å²) in [5.74, 6) is 0.410. The first kappa shape index (κ1) is 18.3. The topological polar surface area (TPSA) is 73.5 Å². The predicted octanol–water partition coefficient (Wildman–Crippen LogP) is 1.52. The minimum Gasteiger partial charge on any atom is -0.376 e. The third-order valence-electron chi connectivity index (χ3n) is 6.00. The van der Waals surface area contributed by atoms with Crippen LogP contribution >= 0.6 is 11.6 Å². The van der Waals surface area contributed by atoms with Crippen LogP contribution in [0, 0.1) is 5.82 Å². The minimum absolute atomic E-state index is 0.0661. The maximum Gasteiger partial charge on any atom is 0.234 e. The first-order valence-electron chi connectivity index (χ1n) is 9.60. The number of piperazine rings is 1. The second-order valence-electron chi connectivity index (χ2n) is 8.45. The average Bonchev–Trinajstić information content (AvgIpc) is 3.06. The molecule has 0 radical (unpaired) electrons. The lowest BCUT2D eigenvalue weighted by molar-refractivity contribution is -0.140. The summed E-state index contributed by atoms with van der Waals surface area (Å²) in [5.41, 5.74) is 0.628. The highest BCUT2D eigenvalue weighted by atomic mass is 35.5. The van der Waals surface area contributed by atoms with Gasteiger partial charge in [-0.3, -0.25) is 14.6 Å². The van der Waals surface area contributed by atoms with Gasteiger partial charge in [0.25, 0.3) is 0 Å². The summed E-state index contributed by atoms with van der Waals surface area (Å²) in [6, 6.07) is 3.63. The summed E-state index contributed by atoms with van der Waals surface area (Å²) in [6.07, 6.45) is 1.12. The lowest BCUT2D eigenvalue weighted by atomic mass is 9.87. The van der Waals surface area contributed by atoms with E-state index >= 15 is 0 Å². The summed E-state index contributed by atoms with van der Waals surface area (Å²) >= 11 is 6.14. The number of hydrogen-bond donors (Lipinski definition) is 2. The molecule has 1 aromatic heterocycles. The molecule has 0 spiro atoms. The number of aromatic amines is 1. The number of hydrogen-bond acceptors (Lipinski definition) is 5. The number of rotatable bonds is 5. The van der Waals surface area contributed by atoms with Crippen LogP contribution in [0.3, 0.4) is 0 Å². The van der Waals surface area contributed by atoms with E-state index < -0.39 is 0 Å². The number of H-pyrrole nitrogens is 1. The highest BCUT2D eigenvalue weighted by molar-refractivity contribution is 6.34. The Morgan fingerprint density at radius 3 is 2.82 bits per heavy atom. The molecule has 28 heavy (non-hydrogen) atoms. The van der Waals surface area contributed by atoms with Crippen molar-refractivity contribution in [1.29, 1.82) is 0 Å². The van der Waals surface area contributed by atoms with Crippen molar-refractivity contribution in [2.75, 3.05) is 32.8 Å². The number of halogens is 2. The van der Waals surface area contributed by atoms with Gasteiger partial charge in [0.2, 0.25) is 5.91 Å². The lowest BCUT2D eigenvalue weighted by Crippen LogP contribution is -2.70. The number of imidazole rings is 1. The van der Waals surface area contributed by atoms with E-state index in [4.69, 9.17) is 16.3 Å². The fourth-order valence-corrected chi connectivity index (χ4v) is 4.75. The van der Waals surface area contributed by atoms with E-state index in [9.17, 15) is 9.18 Å². The lowest BCUT2D eigenvalue weighted by Gasteiger charge is -2.56. The van der Waals surface area contributed by atoms with Gasteiger partial charge in [-0.1, -0.05) is 11.6 Å². The number of piperidine rings is 1. The molecule has 0 saturated carbocycles. The Morgan fingerprint density at radius 1 is 1.43 bits per heavy atom. The highest BCUT2D eigenvalue weighted by Crippen LogP contribution is 2.33. The van der Waals surface area contributed by atoms with Crippen LogP contribution in [0.2, 0.25) is 5.02 Å². The molecule has 0 aliphatic carbocycles. The first-order valence-corrected chi connectivity index (χ1v) is 9.97. The molecule has 2 bridgehead atoms. The van der Waals surface area contributed by atoms with Crippen LogP contribution in [-0.2, 0) is 16.1 Å². The van der Waals surface area contributed by atoms with Gasteiger partial charge in [0.15, 0.2) is 5.82 Å². The molecule has 4 saturated heterocycles. The fraction of sp³-hybridized carbons (Fsp3) is 0.579. The zero-order valence-electron chi connectivity index (χ0n) is 15.7. The molecule has 2 unspecified atom stereocenters. The Hall–Kier alpha value is -1.74. The van der Waals surface area contributed by atoms with Gasteiger partial charge in [0, 0.05) is 25.2 Å². The molecule has 7 nitrogen and oxygen atoms in total. The number of amides is 1. The smallest absolute Gasteiger partial charge is 0.234 e. The number of benzene rings is 1. The molecule has 150 valence electrons. The Kier molecular flexibility index (Phi) is 4.35. The molecule has 5 heterocycles. The Labute approximate surface area is 167 Å². The van der Waals surface area contributed by atoms with Crippen LogP contribution in [0.25, 0.3) is 11.0 Å². The number of ether oxygens (including phenoxy) is 1. The van der Waals surface area contributed by atoms with Gasteiger partial charge in [-0.15, -0.1) is 0 Å². The fourth-order valence-electron chi connectivity index (χ4n) is 4.55. The number of carbonyl (C=O) groups is 1. The summed E-state index contributed by atoms with van der Waals surface area (Å²) in [4.78, 5) is 24.5. The number of fused-ring (bicyclic) bond motifs is 3. The monoisotopic (exact) mass is 407 g/mol. The molecule has 2 atom stereocenters. The molecule has 1 amide bonds. The number of nitrogens with one attached hydrogen (secondary N) is 2. The molecule has 4 aliphatic rings. The van der Waals surface area contributed by atoms with Crippen LogP contribution in [0.1, 0.15) is 19.2 Å². The molecule has 2 aromatic rings. The predicted molar refractivity (Wildman–Crippen MR) is 103 cm³/mol. The van der Waals surface area contributed by atoms with Crippen LogP contribution in [0.4, 0.5) is 4.39 Å². The van der Waals surface area contributed by atoms with Crippen LogP contribution < -0.4 is 5.32 Å². The zero-order chi connectivity index (χ0) is 19.5. The second kappa shape index (κ2) is 6.66. The number of nitrogens with zero attached hydrogens (tertiary/aromatic N) is 3. The van der Waals surface area contributed by atoms with Crippen molar-refractivity contribution in [3.05, 3.63) is 28.8 Å². The van der Waals surface area contributed by atoms with Crippen molar-refractivity contribution < 1.29 is 13.9 Å². The van der Waals surface area contributed by atoms with Gasteiger partial charge in [0.1, 0.15) is 11.3 Å². The van der Waals surface area contributed by atoms with E-state index in [-0.39, 0.29) is 22.8 Å². The van der Waals surface area contributed by atoms with Gasteiger partial charge >= 0.3 is 0 Å². The zero-order valence-corrected chi connectivity index (χ0v) is 16.4. The third-order valence-corrected chi connectivity index (χ3v) is 6.31. The quantitative estimate of drug-likeness (QED) is 0.786. The summed E-state index contributed by atoms with van der Waals surface area (Å²) in [6.45, 7) is 5.98. The normalized spacial score (nSPS) is 26.7. The number of aromatic nitrogens is 2. The molecular weight excluding hydrogens is 385 g/mol. The molecule has 4 fully saturated rings. The van der Waals surface area contributed by atoms with E-state index in [1.54, 1.807) is 0 Å². The highest BCUT2D eigenvalue weighted by Gasteiger charge is 2.46. The molecule has 1 aromatic carbocycles. The van der Waals surface area contributed by atoms with Gasteiger partial charge in [0.05, 0.1) is 42.4 Å². The van der Waals surface area contributed by atoms with Crippen molar-refractivity contribution in [2.24, 2.45) is 0 Å². The molecule has 9 heteroatoms. The van der Waals surface area contributed by atoms with Crippen LogP contribution in [-0.4, -0.2) is 76.1 Å². The van der Waals surface area contributed by atoms with Crippen LogP contribution in [0.15, 0.2) is 12.1 Å². The van der Waals surface area contributed by atoms with E-state index in [0.717, 1.165) is 19.5 Å². The van der Waals surface area contributed by atoms with E-state index in [0.29, 0.717) is 54.8 Å². The van der Waals surface area contributed by atoms with Crippen molar-refractivity contribution in [1.82, 2.24) is 25.1 Å². The Bertz CT molecular complexity index is 879. The summed E-state index contributed by atoms with van der Waals surface area (Å²) in [5, 5.41) is 3.55. The van der Waals surface area contributed by atoms with Gasteiger partial charge in [-0.25, -0.2) is 9.37 Å². The van der Waals surface area contributed by atoms with Crippen LogP contribution in [0.5, 0.6) is 0 Å². The Morgan fingerprint density at radius 2 is 2.18 bits per heavy atom. The van der Waals surface area contributed by atoms with E-state index in [2.05, 4.69) is 25.1 Å². The molecule has 6 rings (SSSR count). The average molecular weight is 408 g/mol. The van der Waals surface area contributed by atoms with Crippen molar-refractivity contribution >= 4 is 28.5 Å².